The highest BCUT2D eigenvalue weighted by Crippen LogP contribution is 2.21. The van der Waals surface area contributed by atoms with Crippen molar-refractivity contribution in [3.8, 4) is 0 Å². The second kappa shape index (κ2) is 7.94. The van der Waals surface area contributed by atoms with E-state index < -0.39 is 0 Å². The number of ketones is 1. The molecule has 0 heterocycles. The van der Waals surface area contributed by atoms with Crippen molar-refractivity contribution in [2.24, 2.45) is 0 Å². The maximum absolute atomic E-state index is 12.4. The normalized spacial score (nSPS) is 10.2. The molecule has 2 aromatic carbocycles. The number of Topliss-reactive ketones (excluding diaryl/α,β-unsaturated/α-hetero) is 1. The third-order valence-electron chi connectivity index (χ3n) is 3.72. The Kier molecular flexibility index (Phi) is 5.93. The smallest absolute Gasteiger partial charge is 0.244 e. The third kappa shape index (κ3) is 4.90. The molecule has 2 aromatic rings. The summed E-state index contributed by atoms with van der Waals surface area (Å²) in [6, 6.07) is 11.8. The first-order valence-corrected chi connectivity index (χ1v) is 8.11. The molecule has 130 valence electrons. The van der Waals surface area contributed by atoms with Gasteiger partial charge in [-0.2, -0.15) is 0 Å². The molecule has 0 saturated heterocycles. The Hall–Kier alpha value is -2.66. The van der Waals surface area contributed by atoms with Crippen LogP contribution in [0.3, 0.4) is 0 Å². The van der Waals surface area contributed by atoms with E-state index in [4.69, 9.17) is 11.6 Å². The van der Waals surface area contributed by atoms with Crippen LogP contribution in [-0.4, -0.2) is 24.1 Å². The summed E-state index contributed by atoms with van der Waals surface area (Å²) in [6.07, 6.45) is 0. The van der Waals surface area contributed by atoms with Gasteiger partial charge in [0, 0.05) is 28.9 Å². The number of rotatable bonds is 5. The van der Waals surface area contributed by atoms with Gasteiger partial charge in [-0.3, -0.25) is 14.4 Å². The van der Waals surface area contributed by atoms with Crippen molar-refractivity contribution in [1.82, 2.24) is 0 Å². The molecular weight excluding hydrogens is 340 g/mol. The molecule has 0 unspecified atom stereocenters. The average Bonchev–Trinajstić information content (AvgIpc) is 2.56. The molecule has 0 aromatic heterocycles. The van der Waals surface area contributed by atoms with Crippen LogP contribution in [0, 0.1) is 6.92 Å². The average molecular weight is 359 g/mol. The molecule has 0 aliphatic heterocycles. The monoisotopic (exact) mass is 358 g/mol. The minimum Gasteiger partial charge on any atom is -0.324 e. The van der Waals surface area contributed by atoms with Crippen LogP contribution in [-0.2, 0) is 9.59 Å². The molecule has 0 saturated carbocycles. The Labute approximate surface area is 151 Å². The SMILES string of the molecule is CC(=O)c1cccc(N(CC(=O)Nc2cc(Cl)ccc2C)C(C)=O)c1. The number of anilines is 2. The third-order valence-corrected chi connectivity index (χ3v) is 3.95. The summed E-state index contributed by atoms with van der Waals surface area (Å²) in [5.41, 5.74) is 2.44. The molecule has 5 nitrogen and oxygen atoms in total. The van der Waals surface area contributed by atoms with Crippen molar-refractivity contribution >= 4 is 40.6 Å². The largest absolute Gasteiger partial charge is 0.324 e. The molecule has 0 bridgehead atoms. The first kappa shape index (κ1) is 18.7. The molecular formula is C19H19ClN2O3. The number of carbonyl (C=O) groups excluding carboxylic acids is 3. The second-order valence-electron chi connectivity index (χ2n) is 5.72. The number of benzene rings is 2. The lowest BCUT2D eigenvalue weighted by Gasteiger charge is -2.21. The summed E-state index contributed by atoms with van der Waals surface area (Å²) < 4.78 is 0. The lowest BCUT2D eigenvalue weighted by atomic mass is 10.1. The molecule has 2 rings (SSSR count). The zero-order valence-corrected chi connectivity index (χ0v) is 15.1. The van der Waals surface area contributed by atoms with Crippen LogP contribution < -0.4 is 10.2 Å². The molecule has 0 spiro atoms. The minimum atomic E-state index is -0.353. The fraction of sp³-hybridized carbons (Fsp3) is 0.211. The van der Waals surface area contributed by atoms with Crippen LogP contribution in [0.1, 0.15) is 29.8 Å². The highest BCUT2D eigenvalue weighted by molar-refractivity contribution is 6.31. The molecule has 6 heteroatoms. The number of aryl methyl sites for hydroxylation is 1. The molecule has 1 N–H and O–H groups in total. The highest BCUT2D eigenvalue weighted by Gasteiger charge is 2.17. The number of amides is 2. The summed E-state index contributed by atoms with van der Waals surface area (Å²) in [6.45, 7) is 4.51. The van der Waals surface area contributed by atoms with E-state index in [1.807, 2.05) is 6.92 Å². The minimum absolute atomic E-state index is 0.107. The predicted molar refractivity (Wildman–Crippen MR) is 99.3 cm³/mol. The lowest BCUT2D eigenvalue weighted by Crippen LogP contribution is -2.36. The van der Waals surface area contributed by atoms with Gasteiger partial charge in [-0.25, -0.2) is 0 Å². The lowest BCUT2D eigenvalue weighted by molar-refractivity contribution is -0.120. The standard InChI is InChI=1S/C19H19ClN2O3/c1-12-7-8-16(20)10-18(12)21-19(25)11-22(14(3)24)17-6-4-5-15(9-17)13(2)23/h4-10H,11H2,1-3H3,(H,21,25). The fourth-order valence-electron chi connectivity index (χ4n) is 2.34. The van der Waals surface area contributed by atoms with Crippen molar-refractivity contribution in [3.05, 3.63) is 58.6 Å². The van der Waals surface area contributed by atoms with E-state index in [0.29, 0.717) is 22.0 Å². The summed E-state index contributed by atoms with van der Waals surface area (Å²) in [5.74, 6) is -0.753. The van der Waals surface area contributed by atoms with Gasteiger partial charge in [0.1, 0.15) is 6.54 Å². The van der Waals surface area contributed by atoms with Gasteiger partial charge in [0.25, 0.3) is 0 Å². The van der Waals surface area contributed by atoms with Gasteiger partial charge in [-0.05, 0) is 43.7 Å². The Bertz CT molecular complexity index is 833. The Morgan fingerprint density at radius 1 is 1.08 bits per heavy atom. The first-order chi connectivity index (χ1) is 11.8. The van der Waals surface area contributed by atoms with E-state index in [1.54, 1.807) is 42.5 Å². The van der Waals surface area contributed by atoms with Crippen LogP contribution >= 0.6 is 11.6 Å². The molecule has 0 fully saturated rings. The molecule has 0 atom stereocenters. The number of nitrogens with one attached hydrogen (secondary N) is 1. The van der Waals surface area contributed by atoms with E-state index in [9.17, 15) is 14.4 Å². The van der Waals surface area contributed by atoms with E-state index in [2.05, 4.69) is 5.32 Å². The second-order valence-corrected chi connectivity index (χ2v) is 6.16. The van der Waals surface area contributed by atoms with Crippen molar-refractivity contribution in [2.45, 2.75) is 20.8 Å². The number of halogens is 1. The van der Waals surface area contributed by atoms with Gasteiger partial charge in [-0.15, -0.1) is 0 Å². The summed E-state index contributed by atoms with van der Waals surface area (Å²) >= 11 is 5.95. The van der Waals surface area contributed by atoms with Gasteiger partial charge >= 0.3 is 0 Å². The quantitative estimate of drug-likeness (QED) is 0.826. The van der Waals surface area contributed by atoms with Crippen LogP contribution in [0.2, 0.25) is 5.02 Å². The Morgan fingerprint density at radius 2 is 1.80 bits per heavy atom. The Morgan fingerprint density at radius 3 is 2.44 bits per heavy atom. The van der Waals surface area contributed by atoms with Gasteiger partial charge in [-0.1, -0.05) is 29.8 Å². The van der Waals surface area contributed by atoms with Crippen LogP contribution in [0.25, 0.3) is 0 Å². The van der Waals surface area contributed by atoms with Crippen molar-refractivity contribution in [1.29, 1.82) is 0 Å². The van der Waals surface area contributed by atoms with Gasteiger partial charge < -0.3 is 10.2 Å². The molecule has 0 radical (unpaired) electrons. The molecule has 0 aliphatic carbocycles. The summed E-state index contributed by atoms with van der Waals surface area (Å²) in [5, 5.41) is 3.27. The van der Waals surface area contributed by atoms with E-state index in [1.165, 1.54) is 18.7 Å². The van der Waals surface area contributed by atoms with E-state index in [-0.39, 0.29) is 24.1 Å². The highest BCUT2D eigenvalue weighted by atomic mass is 35.5. The summed E-state index contributed by atoms with van der Waals surface area (Å²) in [7, 11) is 0. The fourth-order valence-corrected chi connectivity index (χ4v) is 2.51. The number of hydrogen-bond acceptors (Lipinski definition) is 3. The van der Waals surface area contributed by atoms with Crippen LogP contribution in [0.15, 0.2) is 42.5 Å². The van der Waals surface area contributed by atoms with E-state index in [0.717, 1.165) is 5.56 Å². The van der Waals surface area contributed by atoms with Gasteiger partial charge in [0.15, 0.2) is 5.78 Å². The van der Waals surface area contributed by atoms with Crippen LogP contribution in [0.5, 0.6) is 0 Å². The number of nitrogens with zero attached hydrogens (tertiary/aromatic N) is 1. The first-order valence-electron chi connectivity index (χ1n) is 7.73. The number of hydrogen-bond donors (Lipinski definition) is 1. The Balaban J connectivity index is 2.20. The number of carbonyl (C=O) groups is 3. The zero-order chi connectivity index (χ0) is 18.6. The predicted octanol–water partition coefficient (Wildman–Crippen LogP) is 3.84. The summed E-state index contributed by atoms with van der Waals surface area (Å²) in [4.78, 5) is 37.2. The molecule has 0 aliphatic rings. The van der Waals surface area contributed by atoms with Gasteiger partial charge in [0.2, 0.25) is 11.8 Å². The van der Waals surface area contributed by atoms with Crippen molar-refractivity contribution < 1.29 is 14.4 Å². The maximum atomic E-state index is 12.4. The van der Waals surface area contributed by atoms with Crippen molar-refractivity contribution in [2.75, 3.05) is 16.8 Å². The topological polar surface area (TPSA) is 66.5 Å². The zero-order valence-electron chi connectivity index (χ0n) is 14.3. The molecule has 25 heavy (non-hydrogen) atoms. The van der Waals surface area contributed by atoms with E-state index >= 15 is 0 Å². The van der Waals surface area contributed by atoms with Gasteiger partial charge in [0.05, 0.1) is 0 Å². The van der Waals surface area contributed by atoms with Crippen LogP contribution in [0.4, 0.5) is 11.4 Å². The molecule has 2 amide bonds. The maximum Gasteiger partial charge on any atom is 0.244 e. The van der Waals surface area contributed by atoms with Crippen molar-refractivity contribution in [3.63, 3.8) is 0 Å².